The predicted octanol–water partition coefficient (Wildman–Crippen LogP) is 1.64. The zero-order valence-corrected chi connectivity index (χ0v) is 11.9. The van der Waals surface area contributed by atoms with Crippen molar-refractivity contribution in [1.82, 2.24) is 15.0 Å². The van der Waals surface area contributed by atoms with E-state index in [-0.39, 0.29) is 17.6 Å². The Bertz CT molecular complexity index is 339. The van der Waals surface area contributed by atoms with E-state index in [4.69, 9.17) is 10.5 Å². The summed E-state index contributed by atoms with van der Waals surface area (Å²) in [6.07, 6.45) is -0.0963. The largest absolute Gasteiger partial charge is 0.379 e. The minimum absolute atomic E-state index is 0.0438. The van der Waals surface area contributed by atoms with Crippen LogP contribution in [0.15, 0.2) is 4.60 Å². The first kappa shape index (κ1) is 13.6. The SMILES string of the molecule is COC(C(N)c1c(Br)nnn1C)C(C)(C)C. The van der Waals surface area contributed by atoms with Gasteiger partial charge in [-0.1, -0.05) is 26.0 Å². The predicted molar refractivity (Wildman–Crippen MR) is 65.9 cm³/mol. The monoisotopic (exact) mass is 290 g/mol. The normalized spacial score (nSPS) is 16.2. The van der Waals surface area contributed by atoms with E-state index < -0.39 is 0 Å². The van der Waals surface area contributed by atoms with Gasteiger partial charge >= 0.3 is 0 Å². The standard InChI is InChI=1S/C10H19BrN4O/c1-10(2,3)8(16-5)6(12)7-9(11)13-14-15(7)4/h6,8H,12H2,1-5H3. The highest BCUT2D eigenvalue weighted by atomic mass is 79.9. The number of hydrogen-bond acceptors (Lipinski definition) is 4. The highest BCUT2D eigenvalue weighted by molar-refractivity contribution is 9.10. The van der Waals surface area contributed by atoms with Gasteiger partial charge in [0.15, 0.2) is 4.60 Å². The van der Waals surface area contributed by atoms with E-state index in [2.05, 4.69) is 47.0 Å². The summed E-state index contributed by atoms with van der Waals surface area (Å²) < 4.78 is 7.84. The third-order valence-electron chi connectivity index (χ3n) is 2.58. The Hall–Kier alpha value is -0.460. The van der Waals surface area contributed by atoms with Gasteiger partial charge in [0.2, 0.25) is 0 Å². The molecule has 2 atom stereocenters. The third-order valence-corrected chi connectivity index (χ3v) is 3.14. The van der Waals surface area contributed by atoms with Crippen molar-refractivity contribution in [2.75, 3.05) is 7.11 Å². The fourth-order valence-corrected chi connectivity index (χ4v) is 2.47. The maximum Gasteiger partial charge on any atom is 0.153 e. The summed E-state index contributed by atoms with van der Waals surface area (Å²) in [4.78, 5) is 0. The van der Waals surface area contributed by atoms with Crippen molar-refractivity contribution in [3.05, 3.63) is 10.3 Å². The van der Waals surface area contributed by atoms with Gasteiger partial charge in [-0.05, 0) is 21.3 Å². The molecule has 5 nitrogen and oxygen atoms in total. The van der Waals surface area contributed by atoms with Crippen molar-refractivity contribution in [3.8, 4) is 0 Å². The molecular weight excluding hydrogens is 272 g/mol. The first-order valence-corrected chi connectivity index (χ1v) is 5.91. The molecule has 1 heterocycles. The fraction of sp³-hybridized carbons (Fsp3) is 0.800. The maximum atomic E-state index is 6.23. The summed E-state index contributed by atoms with van der Waals surface area (Å²) >= 11 is 3.35. The number of nitrogens with two attached hydrogens (primary N) is 1. The Morgan fingerprint density at radius 3 is 2.31 bits per heavy atom. The molecule has 0 spiro atoms. The summed E-state index contributed by atoms with van der Waals surface area (Å²) in [6, 6.07) is -0.264. The number of methoxy groups -OCH3 is 1. The number of hydrogen-bond donors (Lipinski definition) is 1. The van der Waals surface area contributed by atoms with Gasteiger partial charge < -0.3 is 10.5 Å². The molecule has 0 bridgehead atoms. The van der Waals surface area contributed by atoms with E-state index in [0.717, 1.165) is 5.69 Å². The second-order valence-electron chi connectivity index (χ2n) is 4.94. The number of aryl methyl sites for hydroxylation is 1. The molecule has 1 rings (SSSR count). The van der Waals surface area contributed by atoms with E-state index in [1.54, 1.807) is 11.8 Å². The van der Waals surface area contributed by atoms with Gasteiger partial charge in [0.1, 0.15) is 0 Å². The number of ether oxygens (including phenoxy) is 1. The third kappa shape index (κ3) is 2.61. The first-order valence-electron chi connectivity index (χ1n) is 5.12. The number of halogens is 1. The second kappa shape index (κ2) is 4.81. The van der Waals surface area contributed by atoms with Crippen LogP contribution in [-0.2, 0) is 11.8 Å². The minimum atomic E-state index is -0.264. The zero-order valence-electron chi connectivity index (χ0n) is 10.4. The summed E-state index contributed by atoms with van der Waals surface area (Å²) in [5.41, 5.74) is 7.03. The quantitative estimate of drug-likeness (QED) is 0.919. The lowest BCUT2D eigenvalue weighted by Gasteiger charge is -2.33. The summed E-state index contributed by atoms with van der Waals surface area (Å²) in [6.45, 7) is 6.29. The molecular formula is C10H19BrN4O. The Labute approximate surface area is 104 Å². The Morgan fingerprint density at radius 1 is 1.44 bits per heavy atom. The van der Waals surface area contributed by atoms with E-state index in [1.807, 2.05) is 7.05 Å². The van der Waals surface area contributed by atoms with Gasteiger partial charge in [-0.2, -0.15) is 0 Å². The molecule has 0 radical (unpaired) electrons. The molecule has 0 amide bonds. The van der Waals surface area contributed by atoms with Gasteiger partial charge in [0.25, 0.3) is 0 Å². The first-order chi connectivity index (χ1) is 7.29. The van der Waals surface area contributed by atoms with Gasteiger partial charge in [0, 0.05) is 14.2 Å². The Kier molecular flexibility index (Phi) is 4.09. The van der Waals surface area contributed by atoms with Crippen molar-refractivity contribution in [2.45, 2.75) is 32.9 Å². The van der Waals surface area contributed by atoms with Crippen molar-refractivity contribution >= 4 is 15.9 Å². The maximum absolute atomic E-state index is 6.23. The summed E-state index contributed by atoms with van der Waals surface area (Å²) in [5.74, 6) is 0. The topological polar surface area (TPSA) is 66.0 Å². The fourth-order valence-electron chi connectivity index (χ4n) is 1.87. The van der Waals surface area contributed by atoms with Gasteiger partial charge in [-0.15, -0.1) is 5.10 Å². The van der Waals surface area contributed by atoms with Crippen molar-refractivity contribution < 1.29 is 4.74 Å². The number of nitrogens with zero attached hydrogens (tertiary/aromatic N) is 3. The molecule has 0 aliphatic rings. The van der Waals surface area contributed by atoms with Gasteiger partial charge in [-0.25, -0.2) is 4.68 Å². The van der Waals surface area contributed by atoms with Crippen LogP contribution in [0.25, 0.3) is 0 Å². The zero-order chi connectivity index (χ0) is 12.5. The van der Waals surface area contributed by atoms with Crippen molar-refractivity contribution in [2.24, 2.45) is 18.2 Å². The van der Waals surface area contributed by atoms with Crippen LogP contribution in [-0.4, -0.2) is 28.2 Å². The van der Waals surface area contributed by atoms with E-state index in [1.165, 1.54) is 0 Å². The van der Waals surface area contributed by atoms with Crippen molar-refractivity contribution in [1.29, 1.82) is 0 Å². The number of aromatic nitrogens is 3. The number of rotatable bonds is 3. The Balaban J connectivity index is 3.05. The highest BCUT2D eigenvalue weighted by Gasteiger charge is 2.34. The second-order valence-corrected chi connectivity index (χ2v) is 5.69. The lowest BCUT2D eigenvalue weighted by atomic mass is 9.84. The van der Waals surface area contributed by atoms with Crippen LogP contribution in [0.4, 0.5) is 0 Å². The highest BCUT2D eigenvalue weighted by Crippen LogP contribution is 2.32. The van der Waals surface area contributed by atoms with Crippen LogP contribution in [0.5, 0.6) is 0 Å². The molecule has 1 aromatic heterocycles. The van der Waals surface area contributed by atoms with E-state index >= 15 is 0 Å². The molecule has 6 heteroatoms. The molecule has 0 saturated carbocycles. The molecule has 0 aliphatic heterocycles. The van der Waals surface area contributed by atoms with Crippen LogP contribution in [0.2, 0.25) is 0 Å². The Morgan fingerprint density at radius 2 is 2.00 bits per heavy atom. The molecule has 2 N–H and O–H groups in total. The van der Waals surface area contributed by atoms with E-state index in [9.17, 15) is 0 Å². The van der Waals surface area contributed by atoms with Gasteiger partial charge in [0.05, 0.1) is 17.8 Å². The van der Waals surface area contributed by atoms with Crippen LogP contribution >= 0.6 is 15.9 Å². The molecule has 0 fully saturated rings. The summed E-state index contributed by atoms with van der Waals surface area (Å²) in [5, 5.41) is 7.85. The molecule has 2 unspecified atom stereocenters. The van der Waals surface area contributed by atoms with Crippen LogP contribution < -0.4 is 5.73 Å². The van der Waals surface area contributed by atoms with Crippen LogP contribution in [0.1, 0.15) is 32.5 Å². The van der Waals surface area contributed by atoms with Gasteiger partial charge in [-0.3, -0.25) is 0 Å². The average molecular weight is 291 g/mol. The van der Waals surface area contributed by atoms with Crippen LogP contribution in [0, 0.1) is 5.41 Å². The molecule has 0 aliphatic carbocycles. The molecule has 0 aromatic carbocycles. The smallest absolute Gasteiger partial charge is 0.153 e. The van der Waals surface area contributed by atoms with Crippen LogP contribution in [0.3, 0.4) is 0 Å². The lowest BCUT2D eigenvalue weighted by Crippen LogP contribution is -2.39. The average Bonchev–Trinajstić information content (AvgIpc) is 2.44. The summed E-state index contributed by atoms with van der Waals surface area (Å²) in [7, 11) is 3.50. The lowest BCUT2D eigenvalue weighted by molar-refractivity contribution is -0.00427. The minimum Gasteiger partial charge on any atom is -0.379 e. The molecule has 0 saturated heterocycles. The van der Waals surface area contributed by atoms with Crippen molar-refractivity contribution in [3.63, 3.8) is 0 Å². The van der Waals surface area contributed by atoms with E-state index in [0.29, 0.717) is 4.60 Å². The molecule has 16 heavy (non-hydrogen) atoms. The molecule has 1 aromatic rings. The molecule has 92 valence electrons.